The monoisotopic (exact) mass is 319 g/mol. The van der Waals surface area contributed by atoms with E-state index in [-0.39, 0.29) is 0 Å². The summed E-state index contributed by atoms with van der Waals surface area (Å²) in [5, 5.41) is 1.000. The van der Waals surface area contributed by atoms with E-state index in [1.54, 1.807) is 25.3 Å². The first-order valence-corrected chi connectivity index (χ1v) is 8.01. The summed E-state index contributed by atoms with van der Waals surface area (Å²) in [6.45, 7) is 0. The molecule has 0 spiro atoms. The third kappa shape index (κ3) is 2.40. The summed E-state index contributed by atoms with van der Waals surface area (Å²) in [5.41, 5.74) is 3.79. The van der Waals surface area contributed by atoms with Gasteiger partial charge in [-0.1, -0.05) is 12.1 Å². The van der Waals surface area contributed by atoms with Crippen molar-refractivity contribution in [3.8, 4) is 17.2 Å². The van der Waals surface area contributed by atoms with Crippen LogP contribution in [0.25, 0.3) is 10.9 Å². The Labute approximate surface area is 140 Å². The first-order valence-electron chi connectivity index (χ1n) is 8.01. The second-order valence-electron chi connectivity index (χ2n) is 5.87. The Kier molecular flexibility index (Phi) is 3.65. The summed E-state index contributed by atoms with van der Waals surface area (Å²) < 4.78 is 11.7. The standard InChI is InChI=1S/C20H17NO3/c1-23-19-11-13(12-22)9-10-18(19)24-20-14-5-2-3-7-16(14)21-17-8-4-6-15(17)20/h2-3,5,7,9-12H,4,6,8H2,1H3. The molecule has 4 nitrogen and oxygen atoms in total. The van der Waals surface area contributed by atoms with Gasteiger partial charge in [-0.15, -0.1) is 0 Å². The fourth-order valence-electron chi connectivity index (χ4n) is 3.24. The minimum Gasteiger partial charge on any atom is -0.493 e. The van der Waals surface area contributed by atoms with Crippen LogP contribution in [0, 0.1) is 0 Å². The quantitative estimate of drug-likeness (QED) is 0.671. The van der Waals surface area contributed by atoms with Crippen LogP contribution in [0.3, 0.4) is 0 Å². The maximum absolute atomic E-state index is 11.0. The minimum absolute atomic E-state index is 0.548. The third-order valence-corrected chi connectivity index (χ3v) is 4.40. The van der Waals surface area contributed by atoms with Gasteiger partial charge < -0.3 is 9.47 Å². The number of benzene rings is 2. The molecule has 1 aliphatic rings. The highest BCUT2D eigenvalue weighted by Crippen LogP contribution is 2.41. The van der Waals surface area contributed by atoms with Crippen LogP contribution in [0.2, 0.25) is 0 Å². The average Bonchev–Trinajstić information content (AvgIpc) is 3.10. The van der Waals surface area contributed by atoms with Gasteiger partial charge in [0, 0.05) is 22.2 Å². The number of para-hydroxylation sites is 1. The van der Waals surface area contributed by atoms with Crippen LogP contribution in [-0.2, 0) is 12.8 Å². The number of pyridine rings is 1. The van der Waals surface area contributed by atoms with E-state index >= 15 is 0 Å². The van der Waals surface area contributed by atoms with Crippen molar-refractivity contribution in [1.82, 2.24) is 4.98 Å². The molecule has 0 saturated carbocycles. The Morgan fingerprint density at radius 2 is 1.96 bits per heavy atom. The van der Waals surface area contributed by atoms with E-state index in [9.17, 15) is 4.79 Å². The van der Waals surface area contributed by atoms with Crippen molar-refractivity contribution in [1.29, 1.82) is 0 Å². The van der Waals surface area contributed by atoms with Crippen LogP contribution in [0.1, 0.15) is 28.0 Å². The number of nitrogens with zero attached hydrogens (tertiary/aromatic N) is 1. The van der Waals surface area contributed by atoms with Gasteiger partial charge in [-0.2, -0.15) is 0 Å². The molecule has 0 amide bonds. The van der Waals surface area contributed by atoms with E-state index in [1.807, 2.05) is 24.3 Å². The predicted octanol–water partition coefficient (Wildman–Crippen LogP) is 4.34. The number of fused-ring (bicyclic) bond motifs is 2. The van der Waals surface area contributed by atoms with Gasteiger partial charge in [0.2, 0.25) is 0 Å². The van der Waals surface area contributed by atoms with Crippen LogP contribution in [-0.4, -0.2) is 18.4 Å². The van der Waals surface area contributed by atoms with Crippen molar-refractivity contribution in [3.63, 3.8) is 0 Å². The summed E-state index contributed by atoms with van der Waals surface area (Å²) in [6.07, 6.45) is 3.84. The maximum Gasteiger partial charge on any atom is 0.169 e. The van der Waals surface area contributed by atoms with Crippen molar-refractivity contribution in [2.75, 3.05) is 7.11 Å². The summed E-state index contributed by atoms with van der Waals surface area (Å²) in [7, 11) is 1.58. The van der Waals surface area contributed by atoms with Crippen molar-refractivity contribution < 1.29 is 14.3 Å². The zero-order chi connectivity index (χ0) is 16.5. The molecule has 1 heterocycles. The number of ether oxygens (including phenoxy) is 2. The zero-order valence-electron chi connectivity index (χ0n) is 13.4. The van der Waals surface area contributed by atoms with E-state index in [2.05, 4.69) is 0 Å². The smallest absolute Gasteiger partial charge is 0.169 e. The molecule has 0 fully saturated rings. The number of carbonyl (C=O) groups is 1. The van der Waals surface area contributed by atoms with Crippen molar-refractivity contribution in [2.45, 2.75) is 19.3 Å². The van der Waals surface area contributed by atoms with Crippen LogP contribution in [0.5, 0.6) is 17.2 Å². The maximum atomic E-state index is 11.0. The Morgan fingerprint density at radius 1 is 1.08 bits per heavy atom. The fraction of sp³-hybridized carbons (Fsp3) is 0.200. The second-order valence-corrected chi connectivity index (χ2v) is 5.87. The Morgan fingerprint density at radius 3 is 2.79 bits per heavy atom. The number of rotatable bonds is 4. The van der Waals surface area contributed by atoms with E-state index in [4.69, 9.17) is 14.5 Å². The highest BCUT2D eigenvalue weighted by atomic mass is 16.5. The molecule has 0 N–H and O–H groups in total. The molecule has 1 aliphatic carbocycles. The molecule has 4 rings (SSSR count). The number of aryl methyl sites for hydroxylation is 1. The van der Waals surface area contributed by atoms with Gasteiger partial charge in [0.1, 0.15) is 12.0 Å². The number of aromatic nitrogens is 1. The molecule has 24 heavy (non-hydrogen) atoms. The Hall–Kier alpha value is -2.88. The van der Waals surface area contributed by atoms with E-state index in [1.165, 1.54) is 5.56 Å². The van der Waals surface area contributed by atoms with E-state index in [0.29, 0.717) is 17.1 Å². The molecular formula is C20H17NO3. The molecule has 3 aromatic rings. The Bertz CT molecular complexity index is 934. The third-order valence-electron chi connectivity index (χ3n) is 4.40. The molecule has 2 aromatic carbocycles. The molecule has 0 atom stereocenters. The molecule has 0 aliphatic heterocycles. The average molecular weight is 319 g/mol. The second kappa shape index (κ2) is 5.96. The lowest BCUT2D eigenvalue weighted by atomic mass is 10.1. The molecular weight excluding hydrogens is 302 g/mol. The first kappa shape index (κ1) is 14.7. The lowest BCUT2D eigenvalue weighted by molar-refractivity contribution is 0.112. The number of methoxy groups -OCH3 is 1. The van der Waals surface area contributed by atoms with E-state index < -0.39 is 0 Å². The van der Waals surface area contributed by atoms with Crippen LogP contribution in [0.15, 0.2) is 42.5 Å². The topological polar surface area (TPSA) is 48.4 Å². The van der Waals surface area contributed by atoms with Gasteiger partial charge in [-0.3, -0.25) is 9.78 Å². The van der Waals surface area contributed by atoms with Gasteiger partial charge >= 0.3 is 0 Å². The SMILES string of the molecule is COc1cc(C=O)ccc1Oc1c2c(nc3ccccc13)CCC2. The molecule has 0 unspecified atom stereocenters. The summed E-state index contributed by atoms with van der Waals surface area (Å²) in [5.74, 6) is 2.01. The number of hydrogen-bond acceptors (Lipinski definition) is 4. The molecule has 4 heteroatoms. The van der Waals surface area contributed by atoms with Gasteiger partial charge in [-0.05, 0) is 49.6 Å². The molecule has 0 bridgehead atoms. The van der Waals surface area contributed by atoms with Crippen LogP contribution >= 0.6 is 0 Å². The van der Waals surface area contributed by atoms with Crippen molar-refractivity contribution in [2.24, 2.45) is 0 Å². The first-order chi connectivity index (χ1) is 11.8. The summed E-state index contributed by atoms with van der Waals surface area (Å²) in [4.78, 5) is 15.7. The Balaban J connectivity index is 1.87. The van der Waals surface area contributed by atoms with Gasteiger partial charge in [0.05, 0.1) is 12.6 Å². The molecule has 120 valence electrons. The molecule has 0 radical (unpaired) electrons. The lowest BCUT2D eigenvalue weighted by Gasteiger charge is -2.15. The van der Waals surface area contributed by atoms with Crippen LogP contribution in [0.4, 0.5) is 0 Å². The number of hydrogen-bond donors (Lipinski definition) is 0. The lowest BCUT2D eigenvalue weighted by Crippen LogP contribution is -1.98. The normalized spacial score (nSPS) is 12.9. The fourth-order valence-corrected chi connectivity index (χ4v) is 3.24. The zero-order valence-corrected chi connectivity index (χ0v) is 13.4. The van der Waals surface area contributed by atoms with Crippen molar-refractivity contribution >= 4 is 17.2 Å². The summed E-state index contributed by atoms with van der Waals surface area (Å²) >= 11 is 0. The molecule has 0 saturated heterocycles. The largest absolute Gasteiger partial charge is 0.493 e. The number of carbonyl (C=O) groups excluding carboxylic acids is 1. The van der Waals surface area contributed by atoms with Crippen molar-refractivity contribution in [3.05, 3.63) is 59.3 Å². The highest BCUT2D eigenvalue weighted by molar-refractivity contribution is 5.87. The predicted molar refractivity (Wildman–Crippen MR) is 92.2 cm³/mol. The van der Waals surface area contributed by atoms with E-state index in [0.717, 1.165) is 47.9 Å². The van der Waals surface area contributed by atoms with Gasteiger partial charge in [0.15, 0.2) is 11.5 Å². The number of aldehydes is 1. The van der Waals surface area contributed by atoms with Crippen LogP contribution < -0.4 is 9.47 Å². The minimum atomic E-state index is 0.548. The highest BCUT2D eigenvalue weighted by Gasteiger charge is 2.22. The van der Waals surface area contributed by atoms with Gasteiger partial charge in [0.25, 0.3) is 0 Å². The van der Waals surface area contributed by atoms with Gasteiger partial charge in [-0.25, -0.2) is 0 Å². The summed E-state index contributed by atoms with van der Waals surface area (Å²) in [6, 6.07) is 13.2. The molecule has 1 aromatic heterocycles.